The topological polar surface area (TPSA) is 96.4 Å². The molecule has 5 heteroatoms. The third-order valence-electron chi connectivity index (χ3n) is 1.37. The molecule has 0 aromatic carbocycles. The number of carbonyl (C=O) groups is 1. The second kappa shape index (κ2) is 3.19. The summed E-state index contributed by atoms with van der Waals surface area (Å²) < 4.78 is 0. The van der Waals surface area contributed by atoms with Gasteiger partial charge < -0.3 is 15.9 Å². The van der Waals surface area contributed by atoms with E-state index in [1.807, 2.05) is 0 Å². The molecule has 64 valence electrons. The fourth-order valence-corrected chi connectivity index (χ4v) is 0.758. The Morgan fingerprint density at radius 2 is 2.25 bits per heavy atom. The standard InChI is InChI=1S/C7H8N2O3/c8-6(7(11)12)4-1-5(10)3-9-2-4/h1-3,6,10H,8H2,(H,11,12)/t6-/m1/s1. The first-order chi connectivity index (χ1) is 5.61. The van der Waals surface area contributed by atoms with Crippen LogP contribution in [-0.4, -0.2) is 21.2 Å². The third-order valence-corrected chi connectivity index (χ3v) is 1.37. The van der Waals surface area contributed by atoms with Gasteiger partial charge in [-0.05, 0) is 6.07 Å². The highest BCUT2D eigenvalue weighted by Gasteiger charge is 2.14. The first kappa shape index (κ1) is 8.48. The molecular formula is C7H8N2O3. The van der Waals surface area contributed by atoms with Crippen LogP contribution in [0.25, 0.3) is 0 Å². The maximum atomic E-state index is 10.4. The maximum absolute atomic E-state index is 10.4. The molecule has 0 saturated heterocycles. The van der Waals surface area contributed by atoms with E-state index in [1.54, 1.807) is 0 Å². The summed E-state index contributed by atoms with van der Waals surface area (Å²) in [5.41, 5.74) is 5.54. The minimum atomic E-state index is -1.15. The lowest BCUT2D eigenvalue weighted by Gasteiger charge is -2.05. The molecular weight excluding hydrogens is 160 g/mol. The second-order valence-electron chi connectivity index (χ2n) is 2.29. The third kappa shape index (κ3) is 1.70. The lowest BCUT2D eigenvalue weighted by Crippen LogP contribution is -2.20. The Kier molecular flexibility index (Phi) is 2.25. The SMILES string of the molecule is N[C@@H](C(=O)O)c1cncc(O)c1. The molecule has 1 rings (SSSR count). The number of hydrogen-bond donors (Lipinski definition) is 3. The van der Waals surface area contributed by atoms with Crippen molar-refractivity contribution in [2.45, 2.75) is 6.04 Å². The molecule has 0 amide bonds. The lowest BCUT2D eigenvalue weighted by atomic mass is 10.1. The van der Waals surface area contributed by atoms with Gasteiger partial charge in [-0.1, -0.05) is 0 Å². The smallest absolute Gasteiger partial charge is 0.325 e. The van der Waals surface area contributed by atoms with Gasteiger partial charge >= 0.3 is 5.97 Å². The summed E-state index contributed by atoms with van der Waals surface area (Å²) in [7, 11) is 0. The maximum Gasteiger partial charge on any atom is 0.325 e. The first-order valence-corrected chi connectivity index (χ1v) is 3.23. The summed E-state index contributed by atoms with van der Waals surface area (Å²) in [5.74, 6) is -1.24. The molecule has 1 atom stereocenters. The monoisotopic (exact) mass is 168 g/mol. The molecule has 12 heavy (non-hydrogen) atoms. The van der Waals surface area contributed by atoms with E-state index in [4.69, 9.17) is 15.9 Å². The molecule has 0 aliphatic rings. The molecule has 1 aromatic heterocycles. The summed E-state index contributed by atoms with van der Waals surface area (Å²) in [5, 5.41) is 17.4. The number of carboxylic acid groups (broad SMARTS) is 1. The van der Waals surface area contributed by atoms with Gasteiger partial charge in [-0.3, -0.25) is 9.78 Å². The number of aromatic nitrogens is 1. The minimum Gasteiger partial charge on any atom is -0.506 e. The first-order valence-electron chi connectivity index (χ1n) is 3.23. The molecule has 0 bridgehead atoms. The predicted octanol–water partition coefficient (Wildman–Crippen LogP) is -0.128. The molecule has 0 saturated carbocycles. The molecule has 0 radical (unpaired) electrons. The molecule has 0 unspecified atom stereocenters. The number of nitrogens with two attached hydrogens (primary N) is 1. The number of carboxylic acids is 1. The molecule has 0 fully saturated rings. The highest BCUT2D eigenvalue weighted by molar-refractivity contribution is 5.75. The highest BCUT2D eigenvalue weighted by atomic mass is 16.4. The quantitative estimate of drug-likeness (QED) is 0.571. The number of pyridine rings is 1. The zero-order valence-corrected chi connectivity index (χ0v) is 6.14. The van der Waals surface area contributed by atoms with Gasteiger partial charge in [-0.2, -0.15) is 0 Å². The molecule has 5 nitrogen and oxygen atoms in total. The van der Waals surface area contributed by atoms with Crippen LogP contribution >= 0.6 is 0 Å². The van der Waals surface area contributed by atoms with Gasteiger partial charge in [0.1, 0.15) is 11.8 Å². The Labute approximate surface area is 68.5 Å². The number of nitrogens with zero attached hydrogens (tertiary/aromatic N) is 1. The van der Waals surface area contributed by atoms with Crippen molar-refractivity contribution in [3.8, 4) is 5.75 Å². The molecule has 0 aliphatic carbocycles. The van der Waals surface area contributed by atoms with Gasteiger partial charge in [0, 0.05) is 11.8 Å². The Balaban J connectivity index is 2.95. The van der Waals surface area contributed by atoms with Crippen molar-refractivity contribution >= 4 is 5.97 Å². The van der Waals surface area contributed by atoms with Gasteiger partial charge in [0.15, 0.2) is 0 Å². The van der Waals surface area contributed by atoms with Crippen molar-refractivity contribution in [1.29, 1.82) is 0 Å². The minimum absolute atomic E-state index is 0.0933. The summed E-state index contributed by atoms with van der Waals surface area (Å²) in [6.07, 6.45) is 2.51. The van der Waals surface area contributed by atoms with Crippen molar-refractivity contribution in [3.63, 3.8) is 0 Å². The molecule has 0 aliphatic heterocycles. The fraction of sp³-hybridized carbons (Fsp3) is 0.143. The lowest BCUT2D eigenvalue weighted by molar-refractivity contribution is -0.138. The van der Waals surface area contributed by atoms with Gasteiger partial charge in [0.05, 0.1) is 6.20 Å². The van der Waals surface area contributed by atoms with Gasteiger partial charge in [0.2, 0.25) is 0 Å². The summed E-state index contributed by atoms with van der Waals surface area (Å²) in [4.78, 5) is 14.0. The van der Waals surface area contributed by atoms with Crippen molar-refractivity contribution in [1.82, 2.24) is 4.98 Å². The van der Waals surface area contributed by atoms with Crippen LogP contribution in [0.2, 0.25) is 0 Å². The highest BCUT2D eigenvalue weighted by Crippen LogP contribution is 2.14. The predicted molar refractivity (Wildman–Crippen MR) is 40.5 cm³/mol. The van der Waals surface area contributed by atoms with Crippen molar-refractivity contribution < 1.29 is 15.0 Å². The van der Waals surface area contributed by atoms with Gasteiger partial charge in [-0.15, -0.1) is 0 Å². The van der Waals surface area contributed by atoms with Crippen LogP contribution in [0.5, 0.6) is 5.75 Å². The number of hydrogen-bond acceptors (Lipinski definition) is 4. The van der Waals surface area contributed by atoms with Crippen LogP contribution in [-0.2, 0) is 4.79 Å². The zero-order valence-electron chi connectivity index (χ0n) is 6.14. The molecule has 1 aromatic rings. The summed E-state index contributed by atoms with van der Waals surface area (Å²) in [6.45, 7) is 0. The van der Waals surface area contributed by atoms with Crippen LogP contribution in [0.15, 0.2) is 18.5 Å². The summed E-state index contributed by atoms with van der Waals surface area (Å²) >= 11 is 0. The van der Waals surface area contributed by atoms with Gasteiger partial charge in [0.25, 0.3) is 0 Å². The van der Waals surface area contributed by atoms with Crippen molar-refractivity contribution in [2.75, 3.05) is 0 Å². The van der Waals surface area contributed by atoms with E-state index >= 15 is 0 Å². The Morgan fingerprint density at radius 3 is 2.75 bits per heavy atom. The largest absolute Gasteiger partial charge is 0.506 e. The number of rotatable bonds is 2. The normalized spacial score (nSPS) is 12.4. The van der Waals surface area contributed by atoms with Crippen LogP contribution < -0.4 is 5.73 Å². The molecule has 1 heterocycles. The van der Waals surface area contributed by atoms with E-state index in [0.29, 0.717) is 0 Å². The Hall–Kier alpha value is -1.62. The number of aromatic hydroxyl groups is 1. The second-order valence-corrected chi connectivity index (χ2v) is 2.29. The van der Waals surface area contributed by atoms with Crippen molar-refractivity contribution in [2.24, 2.45) is 5.73 Å². The molecule has 0 spiro atoms. The van der Waals surface area contributed by atoms with E-state index in [2.05, 4.69) is 4.98 Å². The van der Waals surface area contributed by atoms with Gasteiger partial charge in [-0.25, -0.2) is 0 Å². The number of aliphatic carboxylic acids is 1. The van der Waals surface area contributed by atoms with E-state index in [9.17, 15) is 4.79 Å². The van der Waals surface area contributed by atoms with Crippen LogP contribution in [0.1, 0.15) is 11.6 Å². The van der Waals surface area contributed by atoms with E-state index < -0.39 is 12.0 Å². The van der Waals surface area contributed by atoms with Crippen LogP contribution in [0, 0.1) is 0 Å². The zero-order chi connectivity index (χ0) is 9.14. The van der Waals surface area contributed by atoms with Crippen LogP contribution in [0.3, 0.4) is 0 Å². The molecule has 4 N–H and O–H groups in total. The van der Waals surface area contributed by atoms with E-state index in [0.717, 1.165) is 0 Å². The van der Waals surface area contributed by atoms with E-state index in [1.165, 1.54) is 18.5 Å². The van der Waals surface area contributed by atoms with Crippen LogP contribution in [0.4, 0.5) is 0 Å². The average molecular weight is 168 g/mol. The van der Waals surface area contributed by atoms with E-state index in [-0.39, 0.29) is 11.3 Å². The Morgan fingerprint density at radius 1 is 1.58 bits per heavy atom. The average Bonchev–Trinajstić information content (AvgIpc) is 2.03. The summed E-state index contributed by atoms with van der Waals surface area (Å²) in [6, 6.07) is 0.135. The fourth-order valence-electron chi connectivity index (χ4n) is 0.758. The van der Waals surface area contributed by atoms with Crippen molar-refractivity contribution in [3.05, 3.63) is 24.0 Å². The Bertz CT molecular complexity index is 300.